The molecule has 0 aliphatic carbocycles. The molecule has 0 aromatic carbocycles. The van der Waals surface area contributed by atoms with E-state index < -0.39 is 15.7 Å². The molecule has 0 atom stereocenters. The Hall–Kier alpha value is -1.83. The lowest BCUT2D eigenvalue weighted by Gasteiger charge is -2.10. The third-order valence-electron chi connectivity index (χ3n) is 2.48. The van der Waals surface area contributed by atoms with Gasteiger partial charge in [-0.25, -0.2) is 4.79 Å². The van der Waals surface area contributed by atoms with Crippen LogP contribution in [0, 0.1) is 0 Å². The number of rotatable bonds is 7. The average molecular weight is 317 g/mol. The molecule has 0 saturated carbocycles. The molecule has 0 radical (unpaired) electrons. The van der Waals surface area contributed by atoms with E-state index in [1.807, 2.05) is 0 Å². The number of aryl methyl sites for hydroxylation is 1. The fourth-order valence-electron chi connectivity index (χ4n) is 1.61. The summed E-state index contributed by atoms with van der Waals surface area (Å²) in [5.74, 6) is 0.236. The van der Waals surface area contributed by atoms with Crippen LogP contribution in [0.1, 0.15) is 38.5 Å². The van der Waals surface area contributed by atoms with Gasteiger partial charge in [0.25, 0.3) is 0 Å². The van der Waals surface area contributed by atoms with Gasteiger partial charge in [0.15, 0.2) is 5.75 Å². The van der Waals surface area contributed by atoms with Gasteiger partial charge in [-0.1, -0.05) is 19.0 Å². The number of hydrogen-bond donors (Lipinski definition) is 0. The lowest BCUT2D eigenvalue weighted by Crippen LogP contribution is -2.19. The van der Waals surface area contributed by atoms with Gasteiger partial charge in [0, 0.05) is 12.5 Å². The van der Waals surface area contributed by atoms with Gasteiger partial charge in [-0.15, -0.1) is 0 Å². The summed E-state index contributed by atoms with van der Waals surface area (Å²) in [6, 6.07) is 1.38. The Balaban J connectivity index is 3.51. The van der Waals surface area contributed by atoms with Crippen molar-refractivity contribution in [1.82, 2.24) is 0 Å². The van der Waals surface area contributed by atoms with Gasteiger partial charge in [-0.05, 0) is 13.3 Å². The topological polar surface area (TPSA) is 95.2 Å². The molecular formula is C13H19NO6S. The molecule has 0 saturated heterocycles. The maximum absolute atomic E-state index is 12.1. The Morgan fingerprint density at radius 1 is 1.33 bits per heavy atom. The first-order chi connectivity index (χ1) is 9.82. The van der Waals surface area contributed by atoms with E-state index in [4.69, 9.17) is 13.4 Å². The van der Waals surface area contributed by atoms with Crippen molar-refractivity contribution in [2.45, 2.75) is 33.6 Å². The largest absolute Gasteiger partial charge is 0.427 e. The molecule has 0 fully saturated rings. The van der Waals surface area contributed by atoms with E-state index in [2.05, 4.69) is 5.16 Å². The van der Waals surface area contributed by atoms with Crippen LogP contribution in [0.5, 0.6) is 5.75 Å². The summed E-state index contributed by atoms with van der Waals surface area (Å²) in [6.45, 7) is 5.60. The van der Waals surface area contributed by atoms with Gasteiger partial charge >= 0.3 is 15.7 Å². The summed E-state index contributed by atoms with van der Waals surface area (Å²) in [7, 11) is -3.78. The Kier molecular flexibility index (Phi) is 5.95. The van der Waals surface area contributed by atoms with Crippen molar-refractivity contribution in [3.05, 3.63) is 27.8 Å². The number of nitrogens with zero attached hydrogens (tertiary/aromatic N) is 1. The predicted octanol–water partition coefficient (Wildman–Crippen LogP) is 1.69. The molecule has 1 aromatic heterocycles. The Morgan fingerprint density at radius 3 is 2.48 bits per heavy atom. The van der Waals surface area contributed by atoms with Crippen molar-refractivity contribution >= 4 is 15.8 Å². The molecule has 8 heteroatoms. The molecule has 0 N–H and O–H groups in total. The van der Waals surface area contributed by atoms with E-state index in [0.29, 0.717) is 25.2 Å². The van der Waals surface area contributed by atoms with Crippen LogP contribution in [0.25, 0.3) is 0 Å². The molecular weight excluding hydrogens is 298 g/mol. The van der Waals surface area contributed by atoms with E-state index >= 15 is 0 Å². The van der Waals surface area contributed by atoms with Gasteiger partial charge in [-0.2, -0.15) is 8.42 Å². The van der Waals surface area contributed by atoms with Crippen molar-refractivity contribution in [2.24, 2.45) is 5.16 Å². The second-order valence-electron chi connectivity index (χ2n) is 4.19. The van der Waals surface area contributed by atoms with Crippen molar-refractivity contribution < 1.29 is 21.9 Å². The minimum absolute atomic E-state index is 0.0337. The standard InChI is InChI=1S/C13H19NO6S/c1-5-9-8-11(20-21(4,16)17)12(13(15)19-9)10(6-2)14-18-7-3/h8H,5-7H2,1-4H3. The third kappa shape index (κ3) is 4.89. The molecule has 0 unspecified atom stereocenters. The van der Waals surface area contributed by atoms with Crippen LogP contribution in [-0.2, 0) is 21.4 Å². The average Bonchev–Trinajstić information content (AvgIpc) is 2.39. The van der Waals surface area contributed by atoms with E-state index in [-0.39, 0.29) is 17.0 Å². The highest BCUT2D eigenvalue weighted by atomic mass is 32.2. The molecule has 0 spiro atoms. The van der Waals surface area contributed by atoms with Crippen molar-refractivity contribution in [3.63, 3.8) is 0 Å². The monoisotopic (exact) mass is 317 g/mol. The molecule has 21 heavy (non-hydrogen) atoms. The number of hydrogen-bond acceptors (Lipinski definition) is 7. The molecule has 0 bridgehead atoms. The normalized spacial score (nSPS) is 12.3. The summed E-state index contributed by atoms with van der Waals surface area (Å²) in [4.78, 5) is 17.0. The quantitative estimate of drug-likeness (QED) is 0.431. The van der Waals surface area contributed by atoms with Crippen molar-refractivity contribution in [3.8, 4) is 5.75 Å². The first-order valence-electron chi connectivity index (χ1n) is 6.58. The van der Waals surface area contributed by atoms with Crippen LogP contribution in [0.3, 0.4) is 0 Å². The summed E-state index contributed by atoms with van der Waals surface area (Å²) < 4.78 is 32.7. The predicted molar refractivity (Wildman–Crippen MR) is 78.3 cm³/mol. The zero-order valence-electron chi connectivity index (χ0n) is 12.5. The summed E-state index contributed by atoms with van der Waals surface area (Å²) in [5, 5.41) is 3.82. The molecule has 0 aliphatic heterocycles. The molecule has 118 valence electrons. The van der Waals surface area contributed by atoms with Crippen LogP contribution in [0.15, 0.2) is 20.4 Å². The third-order valence-corrected chi connectivity index (χ3v) is 2.97. The number of oxime groups is 1. The van der Waals surface area contributed by atoms with Gasteiger partial charge in [0.05, 0.1) is 12.0 Å². The van der Waals surface area contributed by atoms with Gasteiger partial charge in [0.1, 0.15) is 17.9 Å². The highest BCUT2D eigenvalue weighted by Gasteiger charge is 2.21. The first kappa shape index (κ1) is 17.2. The van der Waals surface area contributed by atoms with Gasteiger partial charge < -0.3 is 13.4 Å². The summed E-state index contributed by atoms with van der Waals surface area (Å²) >= 11 is 0. The van der Waals surface area contributed by atoms with E-state index in [1.165, 1.54) is 6.07 Å². The molecule has 0 amide bonds. The molecule has 7 nitrogen and oxygen atoms in total. The van der Waals surface area contributed by atoms with E-state index in [0.717, 1.165) is 6.26 Å². The van der Waals surface area contributed by atoms with E-state index in [1.54, 1.807) is 20.8 Å². The van der Waals surface area contributed by atoms with E-state index in [9.17, 15) is 13.2 Å². The van der Waals surface area contributed by atoms with Gasteiger partial charge in [-0.3, -0.25) is 0 Å². The lowest BCUT2D eigenvalue weighted by atomic mass is 10.1. The minimum atomic E-state index is -3.78. The fraction of sp³-hybridized carbons (Fsp3) is 0.538. The van der Waals surface area contributed by atoms with Crippen LogP contribution in [0.2, 0.25) is 0 Å². The highest BCUT2D eigenvalue weighted by molar-refractivity contribution is 7.86. The maximum Gasteiger partial charge on any atom is 0.349 e. The first-order valence-corrected chi connectivity index (χ1v) is 8.39. The van der Waals surface area contributed by atoms with Crippen molar-refractivity contribution in [2.75, 3.05) is 12.9 Å². The molecule has 1 heterocycles. The van der Waals surface area contributed by atoms with Gasteiger partial charge in [0.2, 0.25) is 0 Å². The van der Waals surface area contributed by atoms with Crippen LogP contribution in [-0.4, -0.2) is 27.0 Å². The van der Waals surface area contributed by atoms with Crippen LogP contribution >= 0.6 is 0 Å². The lowest BCUT2D eigenvalue weighted by molar-refractivity contribution is 0.158. The van der Waals surface area contributed by atoms with Crippen LogP contribution < -0.4 is 9.81 Å². The SMILES string of the molecule is CCON=C(CC)c1c(OS(C)(=O)=O)cc(CC)oc1=O. The second kappa shape index (κ2) is 7.26. The zero-order valence-corrected chi connectivity index (χ0v) is 13.3. The smallest absolute Gasteiger partial charge is 0.349 e. The zero-order chi connectivity index (χ0) is 16.0. The molecule has 0 aliphatic rings. The Morgan fingerprint density at radius 2 is 2.00 bits per heavy atom. The Bertz CT molecular complexity index is 674. The summed E-state index contributed by atoms with van der Waals surface area (Å²) in [5.41, 5.74) is -0.464. The fourth-order valence-corrected chi connectivity index (χ4v) is 2.07. The Labute approximate surface area is 123 Å². The molecule has 1 aromatic rings. The van der Waals surface area contributed by atoms with Crippen molar-refractivity contribution in [1.29, 1.82) is 0 Å². The second-order valence-corrected chi connectivity index (χ2v) is 5.76. The minimum Gasteiger partial charge on any atom is -0.427 e. The summed E-state index contributed by atoms with van der Waals surface area (Å²) in [6.07, 6.45) is 1.69. The highest BCUT2D eigenvalue weighted by Crippen LogP contribution is 2.21. The maximum atomic E-state index is 12.1. The molecule has 1 rings (SSSR count). The van der Waals surface area contributed by atoms with Crippen LogP contribution in [0.4, 0.5) is 0 Å².